The average Bonchev–Trinajstić information content (AvgIpc) is 2.51. The Morgan fingerprint density at radius 2 is 2.29 bits per heavy atom. The molecule has 2 nitrogen and oxygen atoms in total. The van der Waals surface area contributed by atoms with Crippen molar-refractivity contribution in [3.63, 3.8) is 0 Å². The molecule has 0 aromatic carbocycles. The molecular weight excluding hydrogens is 260 g/mol. The lowest BCUT2D eigenvalue weighted by molar-refractivity contribution is 0.491. The molecule has 0 bridgehead atoms. The molecule has 1 aromatic heterocycles. The van der Waals surface area contributed by atoms with E-state index in [0.717, 1.165) is 16.8 Å². The van der Waals surface area contributed by atoms with Gasteiger partial charge in [0, 0.05) is 11.4 Å². The normalized spacial score (nSPS) is 11.3. The zero-order valence-corrected chi connectivity index (χ0v) is 10.7. The van der Waals surface area contributed by atoms with E-state index < -0.39 is 5.54 Å². The third-order valence-electron chi connectivity index (χ3n) is 1.85. The fourth-order valence-electron chi connectivity index (χ4n) is 1.02. The first-order valence-electron chi connectivity index (χ1n) is 4.44. The molecule has 1 heterocycles. The molecule has 1 aromatic rings. The molecule has 0 fully saturated rings. The quantitative estimate of drug-likeness (QED) is 0.915. The highest BCUT2D eigenvalue weighted by molar-refractivity contribution is 9.11. The summed E-state index contributed by atoms with van der Waals surface area (Å²) in [5, 5.41) is 12.0. The molecule has 1 rings (SSSR count). The van der Waals surface area contributed by atoms with Crippen LogP contribution in [0.25, 0.3) is 0 Å². The van der Waals surface area contributed by atoms with E-state index in [1.165, 1.54) is 4.88 Å². The van der Waals surface area contributed by atoms with Gasteiger partial charge in [0.1, 0.15) is 5.54 Å². The van der Waals surface area contributed by atoms with Crippen LogP contribution in [-0.4, -0.2) is 12.1 Å². The van der Waals surface area contributed by atoms with E-state index in [0.29, 0.717) is 0 Å². The fraction of sp³-hybridized carbons (Fsp3) is 0.500. The Kier molecular flexibility index (Phi) is 4.11. The second-order valence-electron chi connectivity index (χ2n) is 3.62. The number of rotatable bonds is 4. The fourth-order valence-corrected chi connectivity index (χ4v) is 2.51. The van der Waals surface area contributed by atoms with Gasteiger partial charge in [-0.25, -0.2) is 0 Å². The molecule has 0 atom stereocenters. The Morgan fingerprint density at radius 3 is 2.79 bits per heavy atom. The predicted octanol–water partition coefficient (Wildman–Crippen LogP) is 2.94. The Hall–Kier alpha value is -0.370. The van der Waals surface area contributed by atoms with Crippen molar-refractivity contribution in [1.29, 1.82) is 5.26 Å². The first-order valence-corrected chi connectivity index (χ1v) is 6.05. The average molecular weight is 273 g/mol. The van der Waals surface area contributed by atoms with Gasteiger partial charge in [-0.2, -0.15) is 5.26 Å². The number of nitriles is 1. The van der Waals surface area contributed by atoms with Crippen molar-refractivity contribution in [2.75, 3.05) is 6.54 Å². The second-order valence-corrected chi connectivity index (χ2v) is 6.17. The van der Waals surface area contributed by atoms with Crippen molar-refractivity contribution in [1.82, 2.24) is 5.32 Å². The third kappa shape index (κ3) is 3.79. The van der Waals surface area contributed by atoms with Crippen LogP contribution in [0.3, 0.4) is 0 Å². The summed E-state index contributed by atoms with van der Waals surface area (Å²) in [6.45, 7) is 4.61. The molecule has 0 saturated heterocycles. The molecular formula is C10H13BrN2S. The van der Waals surface area contributed by atoms with Crippen LogP contribution in [-0.2, 0) is 6.42 Å². The van der Waals surface area contributed by atoms with Gasteiger partial charge in [0.05, 0.1) is 9.86 Å². The smallest absolute Gasteiger partial charge is 0.101 e. The van der Waals surface area contributed by atoms with E-state index in [1.54, 1.807) is 11.3 Å². The molecule has 0 spiro atoms. The van der Waals surface area contributed by atoms with Gasteiger partial charge in [-0.15, -0.1) is 11.3 Å². The summed E-state index contributed by atoms with van der Waals surface area (Å²) in [5.41, 5.74) is -0.422. The minimum atomic E-state index is -0.422. The standard InChI is InChI=1S/C10H13BrN2S/c1-10(2,7-12)13-6-5-8-3-4-9(11)14-8/h3-4,13H,5-6H2,1-2H3. The molecule has 0 radical (unpaired) electrons. The summed E-state index contributed by atoms with van der Waals surface area (Å²) in [6.07, 6.45) is 0.974. The number of nitrogens with zero attached hydrogens (tertiary/aromatic N) is 1. The molecule has 0 aliphatic carbocycles. The van der Waals surface area contributed by atoms with E-state index in [1.807, 2.05) is 13.8 Å². The maximum absolute atomic E-state index is 8.78. The Morgan fingerprint density at radius 1 is 1.57 bits per heavy atom. The van der Waals surface area contributed by atoms with Crippen molar-refractivity contribution in [2.24, 2.45) is 0 Å². The largest absolute Gasteiger partial charge is 0.299 e. The van der Waals surface area contributed by atoms with Crippen LogP contribution in [0, 0.1) is 11.3 Å². The highest BCUT2D eigenvalue weighted by Gasteiger charge is 2.14. The van der Waals surface area contributed by atoms with Crippen LogP contribution < -0.4 is 5.32 Å². The topological polar surface area (TPSA) is 35.8 Å². The summed E-state index contributed by atoms with van der Waals surface area (Å²) in [4.78, 5) is 1.33. The van der Waals surface area contributed by atoms with Crippen molar-refractivity contribution in [3.05, 3.63) is 20.8 Å². The molecule has 0 amide bonds. The summed E-state index contributed by atoms with van der Waals surface area (Å²) < 4.78 is 1.16. The van der Waals surface area contributed by atoms with Gasteiger partial charge in [-0.05, 0) is 48.3 Å². The SMILES string of the molecule is CC(C)(C#N)NCCc1ccc(Br)s1. The van der Waals surface area contributed by atoms with Crippen LogP contribution in [0.5, 0.6) is 0 Å². The minimum Gasteiger partial charge on any atom is -0.299 e. The molecule has 4 heteroatoms. The molecule has 1 N–H and O–H groups in total. The highest BCUT2D eigenvalue weighted by atomic mass is 79.9. The van der Waals surface area contributed by atoms with Gasteiger partial charge < -0.3 is 0 Å². The summed E-state index contributed by atoms with van der Waals surface area (Å²) in [6, 6.07) is 6.37. The summed E-state index contributed by atoms with van der Waals surface area (Å²) >= 11 is 5.16. The molecule has 0 aliphatic heterocycles. The maximum atomic E-state index is 8.78. The van der Waals surface area contributed by atoms with Crippen molar-refractivity contribution < 1.29 is 0 Å². The number of hydrogen-bond donors (Lipinski definition) is 1. The molecule has 0 saturated carbocycles. The van der Waals surface area contributed by atoms with Gasteiger partial charge in [-0.1, -0.05) is 0 Å². The zero-order chi connectivity index (χ0) is 10.6. The summed E-state index contributed by atoms with van der Waals surface area (Å²) in [5.74, 6) is 0. The van der Waals surface area contributed by atoms with E-state index in [2.05, 4.69) is 39.4 Å². The first kappa shape index (κ1) is 11.7. The number of halogens is 1. The van der Waals surface area contributed by atoms with E-state index in [4.69, 9.17) is 5.26 Å². The van der Waals surface area contributed by atoms with Gasteiger partial charge in [0.25, 0.3) is 0 Å². The lowest BCUT2D eigenvalue weighted by Crippen LogP contribution is -2.38. The Labute approximate surface area is 97.1 Å². The van der Waals surface area contributed by atoms with Crippen LogP contribution in [0.2, 0.25) is 0 Å². The number of thiophene rings is 1. The monoisotopic (exact) mass is 272 g/mol. The van der Waals surface area contributed by atoms with Crippen molar-refractivity contribution >= 4 is 27.3 Å². The molecule has 14 heavy (non-hydrogen) atoms. The lowest BCUT2D eigenvalue weighted by Gasteiger charge is -2.16. The van der Waals surface area contributed by atoms with Crippen LogP contribution >= 0.6 is 27.3 Å². The Balaban J connectivity index is 2.33. The minimum absolute atomic E-state index is 0.422. The molecule has 76 valence electrons. The van der Waals surface area contributed by atoms with Crippen LogP contribution in [0.1, 0.15) is 18.7 Å². The number of nitrogens with one attached hydrogen (secondary N) is 1. The maximum Gasteiger partial charge on any atom is 0.101 e. The first-order chi connectivity index (χ1) is 6.53. The van der Waals surface area contributed by atoms with Crippen molar-refractivity contribution in [3.8, 4) is 6.07 Å². The second kappa shape index (κ2) is 4.92. The number of hydrogen-bond acceptors (Lipinski definition) is 3. The van der Waals surface area contributed by atoms with Crippen LogP contribution in [0.15, 0.2) is 15.9 Å². The lowest BCUT2D eigenvalue weighted by atomic mass is 10.1. The van der Waals surface area contributed by atoms with E-state index >= 15 is 0 Å². The highest BCUT2D eigenvalue weighted by Crippen LogP contribution is 2.22. The van der Waals surface area contributed by atoms with Gasteiger partial charge >= 0.3 is 0 Å². The predicted molar refractivity (Wildman–Crippen MR) is 63.4 cm³/mol. The molecule has 0 unspecified atom stereocenters. The Bertz CT molecular complexity index is 338. The van der Waals surface area contributed by atoms with Gasteiger partial charge in [-0.3, -0.25) is 5.32 Å². The van der Waals surface area contributed by atoms with E-state index in [9.17, 15) is 0 Å². The van der Waals surface area contributed by atoms with Gasteiger partial charge in [0.15, 0.2) is 0 Å². The van der Waals surface area contributed by atoms with Gasteiger partial charge in [0.2, 0.25) is 0 Å². The van der Waals surface area contributed by atoms with E-state index in [-0.39, 0.29) is 0 Å². The molecule has 0 aliphatic rings. The van der Waals surface area contributed by atoms with Crippen LogP contribution in [0.4, 0.5) is 0 Å². The third-order valence-corrected chi connectivity index (χ3v) is 3.53. The zero-order valence-electron chi connectivity index (χ0n) is 8.30. The van der Waals surface area contributed by atoms with Crippen molar-refractivity contribution in [2.45, 2.75) is 25.8 Å². The summed E-state index contributed by atoms with van der Waals surface area (Å²) in [7, 11) is 0.